The lowest BCUT2D eigenvalue weighted by atomic mass is 10.1. The number of carbonyl (C=O) groups excluding carboxylic acids is 1. The highest BCUT2D eigenvalue weighted by Crippen LogP contribution is 2.47. The van der Waals surface area contributed by atoms with Gasteiger partial charge in [0.25, 0.3) is 11.6 Å². The maximum Gasteiger partial charge on any atom is 0.430 e. The molecule has 0 saturated carbocycles. The van der Waals surface area contributed by atoms with Crippen molar-refractivity contribution in [3.8, 4) is 0 Å². The maximum atomic E-state index is 13.5. The van der Waals surface area contributed by atoms with Gasteiger partial charge in [0.1, 0.15) is 6.04 Å². The van der Waals surface area contributed by atoms with Gasteiger partial charge in [0.05, 0.1) is 6.61 Å². The van der Waals surface area contributed by atoms with Crippen molar-refractivity contribution in [3.63, 3.8) is 0 Å². The van der Waals surface area contributed by atoms with Crippen molar-refractivity contribution in [2.24, 2.45) is 0 Å². The first kappa shape index (κ1) is 27.6. The highest BCUT2D eigenvalue weighted by molar-refractivity contribution is 7.99. The topological polar surface area (TPSA) is 84.9 Å². The second kappa shape index (κ2) is 10.1. The second-order valence-electron chi connectivity index (χ2n) is 5.52. The molecular formula is C13H16F9NO5S. The normalized spacial score (nSPS) is 17.3. The zero-order valence-corrected chi connectivity index (χ0v) is 15.5. The fourth-order valence-electron chi connectivity index (χ4n) is 1.46. The number of rotatable bonds is 11. The van der Waals surface area contributed by atoms with Gasteiger partial charge in [0, 0.05) is 18.6 Å². The van der Waals surface area contributed by atoms with Gasteiger partial charge >= 0.3 is 24.4 Å². The summed E-state index contributed by atoms with van der Waals surface area (Å²) in [6.45, 7) is -0.664. The molecule has 0 bridgehead atoms. The number of hydrogen-bond acceptors (Lipinski definition) is 5. The summed E-state index contributed by atoms with van der Waals surface area (Å²) in [7, 11) is 1.29. The summed E-state index contributed by atoms with van der Waals surface area (Å²) in [6, 6.07) is -2.04. The molecule has 0 aliphatic rings. The molecule has 29 heavy (non-hydrogen) atoms. The quantitative estimate of drug-likeness (QED) is 0.358. The molecule has 0 rings (SSSR count). The Bertz CT molecular complexity index is 568. The number of amides is 1. The molecular weight excluding hydrogens is 453 g/mol. The van der Waals surface area contributed by atoms with Gasteiger partial charge in [0.2, 0.25) is 6.10 Å². The molecule has 0 heterocycles. The van der Waals surface area contributed by atoms with E-state index in [1.165, 1.54) is 12.4 Å². The van der Waals surface area contributed by atoms with Gasteiger partial charge in [-0.1, -0.05) is 0 Å². The lowest BCUT2D eigenvalue weighted by molar-refractivity contribution is -0.401. The van der Waals surface area contributed by atoms with Gasteiger partial charge in [-0.25, -0.2) is 9.18 Å². The molecule has 1 amide bonds. The molecule has 3 unspecified atom stereocenters. The zero-order valence-electron chi connectivity index (χ0n) is 14.7. The van der Waals surface area contributed by atoms with E-state index in [0.29, 0.717) is 0 Å². The summed E-state index contributed by atoms with van der Waals surface area (Å²) in [6.07, 6.45) is -22.8. The molecule has 3 atom stereocenters. The van der Waals surface area contributed by atoms with E-state index in [0.717, 1.165) is 11.8 Å². The van der Waals surface area contributed by atoms with Crippen LogP contribution in [-0.4, -0.2) is 78.5 Å². The Labute approximate surface area is 162 Å². The summed E-state index contributed by atoms with van der Waals surface area (Å²) >= 11 is 0.797. The highest BCUT2D eigenvalue weighted by Gasteiger charge is 2.71. The molecule has 6 nitrogen and oxygen atoms in total. The molecule has 0 aromatic heterocycles. The zero-order chi connectivity index (χ0) is 23.3. The Hall–Kier alpha value is -1.42. The Kier molecular flexibility index (Phi) is 9.57. The lowest BCUT2D eigenvalue weighted by Crippen LogP contribution is -2.60. The summed E-state index contributed by atoms with van der Waals surface area (Å²) < 4.78 is 124. The number of carboxylic acid groups (broad SMARTS) is 1. The number of thioether (sulfide) groups is 1. The van der Waals surface area contributed by atoms with Crippen LogP contribution in [0.4, 0.5) is 39.5 Å². The van der Waals surface area contributed by atoms with E-state index < -0.39 is 60.8 Å². The van der Waals surface area contributed by atoms with Crippen LogP contribution in [0.2, 0.25) is 0 Å². The Balaban J connectivity index is 5.52. The monoisotopic (exact) mass is 469 g/mol. The van der Waals surface area contributed by atoms with Crippen molar-refractivity contribution in [2.45, 2.75) is 43.2 Å². The predicted molar refractivity (Wildman–Crippen MR) is 80.2 cm³/mol. The number of ether oxygens (including phenoxy) is 2. The maximum absolute atomic E-state index is 13.5. The average Bonchev–Trinajstić information content (AvgIpc) is 2.52. The molecule has 0 spiro atoms. The number of carbonyl (C=O) groups is 2. The van der Waals surface area contributed by atoms with Crippen molar-refractivity contribution in [2.75, 3.05) is 25.2 Å². The first-order valence-electron chi connectivity index (χ1n) is 7.36. The molecule has 0 radical (unpaired) electrons. The molecule has 0 aliphatic heterocycles. The molecule has 2 N–H and O–H groups in total. The van der Waals surface area contributed by atoms with Gasteiger partial charge in [-0.15, -0.1) is 0 Å². The number of halogens is 9. The highest BCUT2D eigenvalue weighted by atomic mass is 32.2. The first-order chi connectivity index (χ1) is 12.9. The summed E-state index contributed by atoms with van der Waals surface area (Å²) in [5.41, 5.74) is -5.58. The van der Waals surface area contributed by atoms with Crippen LogP contribution in [0.5, 0.6) is 0 Å². The van der Waals surface area contributed by atoms with Crippen LogP contribution < -0.4 is 5.32 Å². The Morgan fingerprint density at radius 2 is 1.59 bits per heavy atom. The van der Waals surface area contributed by atoms with Crippen molar-refractivity contribution in [1.29, 1.82) is 0 Å². The molecule has 0 aromatic rings. The van der Waals surface area contributed by atoms with E-state index in [1.54, 1.807) is 0 Å². The fraction of sp³-hybridized carbons (Fsp3) is 0.846. The van der Waals surface area contributed by atoms with Crippen molar-refractivity contribution < 1.29 is 63.7 Å². The third kappa shape index (κ3) is 7.73. The van der Waals surface area contributed by atoms with E-state index >= 15 is 0 Å². The van der Waals surface area contributed by atoms with Gasteiger partial charge in [-0.3, -0.25) is 9.53 Å². The van der Waals surface area contributed by atoms with E-state index in [9.17, 15) is 49.1 Å². The second-order valence-corrected chi connectivity index (χ2v) is 6.67. The fourth-order valence-corrected chi connectivity index (χ4v) is 2.37. The number of alkyl halides is 9. The average molecular weight is 469 g/mol. The standard InChI is InChI=1S/C13H16F9NO5S/c1-10(14,12(18,19)20)13(21,22)28-7(11(15,16)17)8(24)23-6(9(25)26)5-29-4-3-27-2/h6-7H,3-5H2,1-2H3,(H,23,24)(H,25,26). The van der Waals surface area contributed by atoms with Crippen LogP contribution in [-0.2, 0) is 19.1 Å². The molecule has 172 valence electrons. The largest absolute Gasteiger partial charge is 0.480 e. The van der Waals surface area contributed by atoms with E-state index in [2.05, 4.69) is 9.47 Å². The van der Waals surface area contributed by atoms with Gasteiger partial charge in [-0.05, 0) is 6.92 Å². The smallest absolute Gasteiger partial charge is 0.430 e. The van der Waals surface area contributed by atoms with Crippen LogP contribution in [0.1, 0.15) is 6.92 Å². The minimum absolute atomic E-state index is 0.109. The number of hydrogen-bond donors (Lipinski definition) is 2. The van der Waals surface area contributed by atoms with Crippen LogP contribution >= 0.6 is 11.8 Å². The van der Waals surface area contributed by atoms with Gasteiger partial charge in [-0.2, -0.15) is 46.9 Å². The molecule has 16 heteroatoms. The van der Waals surface area contributed by atoms with Crippen molar-refractivity contribution >= 4 is 23.6 Å². The van der Waals surface area contributed by atoms with Crippen molar-refractivity contribution in [1.82, 2.24) is 5.32 Å². The van der Waals surface area contributed by atoms with E-state index in [4.69, 9.17) is 5.11 Å². The number of aliphatic carboxylic acids is 1. The van der Waals surface area contributed by atoms with Gasteiger partial charge in [0.15, 0.2) is 0 Å². The van der Waals surface area contributed by atoms with Crippen LogP contribution in [0.15, 0.2) is 0 Å². The number of nitrogens with one attached hydrogen (secondary N) is 1. The Morgan fingerprint density at radius 1 is 1.07 bits per heavy atom. The third-order valence-electron chi connectivity index (χ3n) is 3.21. The minimum Gasteiger partial charge on any atom is -0.480 e. The molecule has 0 aliphatic carbocycles. The SMILES string of the molecule is COCCSCC(NC(=O)C(OC(F)(F)C(C)(F)C(F)(F)F)C(F)(F)F)C(=O)O. The van der Waals surface area contributed by atoms with Gasteiger partial charge < -0.3 is 15.2 Å². The predicted octanol–water partition coefficient (Wildman–Crippen LogP) is 2.77. The van der Waals surface area contributed by atoms with Crippen LogP contribution in [0.3, 0.4) is 0 Å². The molecule has 0 aromatic carbocycles. The number of methoxy groups -OCH3 is 1. The summed E-state index contributed by atoms with van der Waals surface area (Å²) in [4.78, 5) is 22.7. The molecule has 0 saturated heterocycles. The lowest BCUT2D eigenvalue weighted by Gasteiger charge is -2.34. The van der Waals surface area contributed by atoms with E-state index in [1.807, 2.05) is 0 Å². The third-order valence-corrected chi connectivity index (χ3v) is 4.24. The van der Waals surface area contributed by atoms with Crippen LogP contribution in [0, 0.1) is 0 Å². The van der Waals surface area contributed by atoms with Crippen LogP contribution in [0.25, 0.3) is 0 Å². The summed E-state index contributed by atoms with van der Waals surface area (Å²) in [5.74, 6) is -4.77. The van der Waals surface area contributed by atoms with Crippen molar-refractivity contribution in [3.05, 3.63) is 0 Å². The van der Waals surface area contributed by atoms with E-state index in [-0.39, 0.29) is 12.4 Å². The summed E-state index contributed by atoms with van der Waals surface area (Å²) in [5, 5.41) is 10.1. The minimum atomic E-state index is -6.34. The number of carboxylic acids is 1. The Morgan fingerprint density at radius 3 is 1.97 bits per heavy atom. The molecule has 0 fully saturated rings. The first-order valence-corrected chi connectivity index (χ1v) is 8.51.